The zero-order valence-electron chi connectivity index (χ0n) is 12.6. The Labute approximate surface area is 140 Å². The molecule has 1 atom stereocenters. The van der Waals surface area contributed by atoms with Gasteiger partial charge in [-0.15, -0.1) is 0 Å². The summed E-state index contributed by atoms with van der Waals surface area (Å²) in [6.45, 7) is 3.46. The van der Waals surface area contributed by atoms with Gasteiger partial charge in [-0.25, -0.2) is 4.79 Å². The molecule has 0 aromatic heterocycles. The van der Waals surface area contributed by atoms with E-state index in [0.29, 0.717) is 5.56 Å². The molecule has 2 aliphatic rings. The highest BCUT2D eigenvalue weighted by molar-refractivity contribution is 6.30. The predicted octanol–water partition coefficient (Wildman–Crippen LogP) is 3.33. The first-order valence-electron chi connectivity index (χ1n) is 7.77. The van der Waals surface area contributed by atoms with E-state index < -0.39 is 0 Å². The molecule has 0 radical (unpaired) electrons. The van der Waals surface area contributed by atoms with Crippen LogP contribution in [0.4, 0.5) is 5.69 Å². The van der Waals surface area contributed by atoms with E-state index in [0.717, 1.165) is 42.5 Å². The molecule has 1 fully saturated rings. The van der Waals surface area contributed by atoms with Gasteiger partial charge in [0.2, 0.25) is 0 Å². The quantitative estimate of drug-likeness (QED) is 0.792. The van der Waals surface area contributed by atoms with Gasteiger partial charge in [-0.2, -0.15) is 0 Å². The lowest BCUT2D eigenvalue weighted by molar-refractivity contribution is -0.0250. The number of benzene rings is 2. The third-order valence-electron chi connectivity index (χ3n) is 4.48. The van der Waals surface area contributed by atoms with Crippen LogP contribution in [0.15, 0.2) is 48.5 Å². The SMILES string of the molecule is O=C1O[C@@H](N2CCN(c3cccc(Cl)c3)CC2)c2ccccc21. The Morgan fingerprint density at radius 1 is 1.00 bits per heavy atom. The number of hydrogen-bond donors (Lipinski definition) is 0. The number of anilines is 1. The van der Waals surface area contributed by atoms with E-state index in [4.69, 9.17) is 16.3 Å². The lowest BCUT2D eigenvalue weighted by atomic mass is 10.1. The van der Waals surface area contributed by atoms with Gasteiger partial charge in [0.1, 0.15) is 0 Å². The summed E-state index contributed by atoms with van der Waals surface area (Å²) in [5.74, 6) is -0.220. The highest BCUT2D eigenvalue weighted by atomic mass is 35.5. The topological polar surface area (TPSA) is 32.8 Å². The molecule has 2 heterocycles. The summed E-state index contributed by atoms with van der Waals surface area (Å²) >= 11 is 6.07. The standard InChI is InChI=1S/C18H17ClN2O2/c19-13-4-3-5-14(12-13)20-8-10-21(11-9-20)17-15-6-1-2-7-16(15)18(22)23-17/h1-7,12,17H,8-11H2/t17-/m1/s1. The van der Waals surface area contributed by atoms with Crippen LogP contribution >= 0.6 is 11.6 Å². The van der Waals surface area contributed by atoms with Crippen LogP contribution < -0.4 is 4.90 Å². The largest absolute Gasteiger partial charge is 0.438 e. The Morgan fingerprint density at radius 2 is 1.78 bits per heavy atom. The van der Waals surface area contributed by atoms with E-state index in [1.54, 1.807) is 0 Å². The van der Waals surface area contributed by atoms with Crippen LogP contribution in [0.5, 0.6) is 0 Å². The average molecular weight is 329 g/mol. The van der Waals surface area contributed by atoms with Gasteiger partial charge in [-0.1, -0.05) is 35.9 Å². The average Bonchev–Trinajstić information content (AvgIpc) is 2.93. The number of piperazine rings is 1. The first-order chi connectivity index (χ1) is 11.2. The van der Waals surface area contributed by atoms with Gasteiger partial charge in [0, 0.05) is 42.5 Å². The van der Waals surface area contributed by atoms with Crippen LogP contribution in [-0.2, 0) is 4.74 Å². The fourth-order valence-electron chi connectivity index (χ4n) is 3.29. The number of carbonyl (C=O) groups is 1. The van der Waals surface area contributed by atoms with Crippen LogP contribution in [0.2, 0.25) is 5.02 Å². The molecule has 0 unspecified atom stereocenters. The molecule has 0 N–H and O–H groups in total. The van der Waals surface area contributed by atoms with Gasteiger partial charge in [0.05, 0.1) is 5.56 Å². The third-order valence-corrected chi connectivity index (χ3v) is 4.72. The molecule has 2 aromatic rings. The fourth-order valence-corrected chi connectivity index (χ4v) is 3.47. The van der Waals surface area contributed by atoms with E-state index in [1.807, 2.05) is 42.5 Å². The van der Waals surface area contributed by atoms with Crippen LogP contribution in [0.3, 0.4) is 0 Å². The van der Waals surface area contributed by atoms with Crippen molar-refractivity contribution < 1.29 is 9.53 Å². The Bertz CT molecular complexity index is 741. The minimum absolute atomic E-state index is 0.220. The zero-order valence-corrected chi connectivity index (χ0v) is 13.4. The number of fused-ring (bicyclic) bond motifs is 1. The minimum Gasteiger partial charge on any atom is -0.438 e. The zero-order chi connectivity index (χ0) is 15.8. The molecule has 118 valence electrons. The summed E-state index contributed by atoms with van der Waals surface area (Å²) in [4.78, 5) is 16.5. The van der Waals surface area contributed by atoms with E-state index in [1.165, 1.54) is 0 Å². The smallest absolute Gasteiger partial charge is 0.340 e. The Balaban J connectivity index is 1.47. The van der Waals surface area contributed by atoms with Crippen LogP contribution in [0.1, 0.15) is 22.1 Å². The van der Waals surface area contributed by atoms with Gasteiger partial charge < -0.3 is 9.64 Å². The molecule has 23 heavy (non-hydrogen) atoms. The monoisotopic (exact) mass is 328 g/mol. The lowest BCUT2D eigenvalue weighted by Crippen LogP contribution is -2.47. The first-order valence-corrected chi connectivity index (χ1v) is 8.15. The summed E-state index contributed by atoms with van der Waals surface area (Å²) in [6.07, 6.45) is -0.250. The number of hydrogen-bond acceptors (Lipinski definition) is 4. The lowest BCUT2D eigenvalue weighted by Gasteiger charge is -2.38. The summed E-state index contributed by atoms with van der Waals surface area (Å²) in [5.41, 5.74) is 2.81. The molecule has 0 aliphatic carbocycles. The molecule has 5 heteroatoms. The maximum absolute atomic E-state index is 12.0. The number of halogens is 1. The molecular formula is C18H17ClN2O2. The summed E-state index contributed by atoms with van der Waals surface area (Å²) in [5, 5.41) is 0.753. The number of carbonyl (C=O) groups excluding carboxylic acids is 1. The molecule has 1 saturated heterocycles. The summed E-state index contributed by atoms with van der Waals surface area (Å²) in [6, 6.07) is 15.6. The van der Waals surface area contributed by atoms with Crippen molar-refractivity contribution in [2.45, 2.75) is 6.23 Å². The van der Waals surface area contributed by atoms with Gasteiger partial charge in [0.25, 0.3) is 0 Å². The molecule has 2 aromatic carbocycles. The molecule has 0 amide bonds. The predicted molar refractivity (Wildman–Crippen MR) is 89.8 cm³/mol. The number of cyclic esters (lactones) is 1. The second-order valence-corrected chi connectivity index (χ2v) is 6.28. The maximum Gasteiger partial charge on any atom is 0.340 e. The molecule has 2 aliphatic heterocycles. The molecule has 0 bridgehead atoms. The van der Waals surface area contributed by atoms with Crippen molar-refractivity contribution in [3.05, 3.63) is 64.7 Å². The second-order valence-electron chi connectivity index (χ2n) is 5.85. The molecule has 0 saturated carbocycles. The highest BCUT2D eigenvalue weighted by Crippen LogP contribution is 2.34. The van der Waals surface area contributed by atoms with Crippen molar-refractivity contribution in [2.75, 3.05) is 31.1 Å². The van der Waals surface area contributed by atoms with E-state index in [2.05, 4.69) is 15.9 Å². The van der Waals surface area contributed by atoms with Crippen LogP contribution in [-0.4, -0.2) is 37.0 Å². The van der Waals surface area contributed by atoms with Gasteiger partial charge in [0.15, 0.2) is 6.23 Å². The molecule has 4 rings (SSSR count). The van der Waals surface area contributed by atoms with Crippen LogP contribution in [0.25, 0.3) is 0 Å². The van der Waals surface area contributed by atoms with Crippen molar-refractivity contribution in [3.63, 3.8) is 0 Å². The Hall–Kier alpha value is -2.04. The van der Waals surface area contributed by atoms with Gasteiger partial charge in [-0.05, 0) is 24.3 Å². The van der Waals surface area contributed by atoms with Gasteiger partial charge >= 0.3 is 5.97 Å². The van der Waals surface area contributed by atoms with E-state index in [9.17, 15) is 4.79 Å². The van der Waals surface area contributed by atoms with Crippen LogP contribution in [0, 0.1) is 0 Å². The Morgan fingerprint density at radius 3 is 2.57 bits per heavy atom. The van der Waals surface area contributed by atoms with Crippen molar-refractivity contribution >= 4 is 23.3 Å². The highest BCUT2D eigenvalue weighted by Gasteiger charge is 2.36. The van der Waals surface area contributed by atoms with Gasteiger partial charge in [-0.3, -0.25) is 4.90 Å². The van der Waals surface area contributed by atoms with Crippen molar-refractivity contribution in [1.82, 2.24) is 4.90 Å². The summed E-state index contributed by atoms with van der Waals surface area (Å²) < 4.78 is 5.58. The fraction of sp³-hybridized carbons (Fsp3) is 0.278. The van der Waals surface area contributed by atoms with E-state index in [-0.39, 0.29) is 12.2 Å². The molecular weight excluding hydrogens is 312 g/mol. The maximum atomic E-state index is 12.0. The number of nitrogens with zero attached hydrogens (tertiary/aromatic N) is 2. The number of ether oxygens (including phenoxy) is 1. The summed E-state index contributed by atoms with van der Waals surface area (Å²) in [7, 11) is 0. The Kier molecular flexibility index (Phi) is 3.71. The number of rotatable bonds is 2. The second kappa shape index (κ2) is 5.87. The minimum atomic E-state index is -0.250. The third kappa shape index (κ3) is 2.69. The van der Waals surface area contributed by atoms with Crippen molar-refractivity contribution in [2.24, 2.45) is 0 Å². The normalized spacial score (nSPS) is 21.2. The van der Waals surface area contributed by atoms with E-state index >= 15 is 0 Å². The van der Waals surface area contributed by atoms with Crippen molar-refractivity contribution in [3.8, 4) is 0 Å². The first kappa shape index (κ1) is 14.5. The number of esters is 1. The molecule has 4 nitrogen and oxygen atoms in total. The van der Waals surface area contributed by atoms with Crippen molar-refractivity contribution in [1.29, 1.82) is 0 Å². The molecule has 0 spiro atoms.